The molecular formula is C22H39N5O2. The second-order valence-corrected chi connectivity index (χ2v) is 8.02. The number of nitrogens with one attached hydrogen (secondary N) is 2. The van der Waals surface area contributed by atoms with E-state index in [4.69, 9.17) is 9.73 Å². The fourth-order valence-electron chi connectivity index (χ4n) is 3.62. The highest BCUT2D eigenvalue weighted by atomic mass is 16.5. The Morgan fingerprint density at radius 2 is 2.00 bits per heavy atom. The molecular weight excluding hydrogens is 366 g/mol. The van der Waals surface area contributed by atoms with Crippen LogP contribution < -0.4 is 16.2 Å². The Kier molecular flexibility index (Phi) is 10.8. The number of ether oxygens (including phenoxy) is 1. The molecule has 2 N–H and O–H groups in total. The molecule has 1 atom stereocenters. The Bertz CT molecular complexity index is 653. The average molecular weight is 406 g/mol. The quantitative estimate of drug-likeness (QED) is 0.334. The van der Waals surface area contributed by atoms with Crippen LogP contribution >= 0.6 is 0 Å². The number of aromatic nitrogens is 1. The zero-order valence-electron chi connectivity index (χ0n) is 18.4. The van der Waals surface area contributed by atoms with Gasteiger partial charge in [-0.05, 0) is 38.2 Å². The van der Waals surface area contributed by atoms with Gasteiger partial charge in [-0.25, -0.2) is 0 Å². The zero-order chi connectivity index (χ0) is 20.9. The van der Waals surface area contributed by atoms with Gasteiger partial charge < -0.3 is 19.9 Å². The van der Waals surface area contributed by atoms with Gasteiger partial charge in [0.05, 0.1) is 19.8 Å². The Morgan fingerprint density at radius 1 is 1.21 bits per heavy atom. The van der Waals surface area contributed by atoms with E-state index >= 15 is 0 Å². The molecule has 0 spiro atoms. The van der Waals surface area contributed by atoms with Crippen molar-refractivity contribution in [2.75, 3.05) is 45.9 Å². The SMILES string of the molecule is CCNC(=NCC(CC(C)C)N1CCOCC1)NCCCCn1ccccc1=O. The van der Waals surface area contributed by atoms with Crippen molar-refractivity contribution in [1.29, 1.82) is 0 Å². The number of guanidine groups is 1. The summed E-state index contributed by atoms with van der Waals surface area (Å²) in [6.07, 6.45) is 4.95. The zero-order valence-corrected chi connectivity index (χ0v) is 18.4. The Morgan fingerprint density at radius 3 is 2.69 bits per heavy atom. The van der Waals surface area contributed by atoms with Gasteiger partial charge in [-0.1, -0.05) is 19.9 Å². The van der Waals surface area contributed by atoms with Crippen molar-refractivity contribution in [3.8, 4) is 0 Å². The van der Waals surface area contributed by atoms with Crippen LogP contribution in [0, 0.1) is 5.92 Å². The van der Waals surface area contributed by atoms with Gasteiger partial charge in [0.1, 0.15) is 0 Å². The van der Waals surface area contributed by atoms with Gasteiger partial charge in [0, 0.05) is 51.0 Å². The minimum atomic E-state index is 0.0645. The molecule has 2 heterocycles. The molecule has 1 aromatic heterocycles. The molecule has 0 radical (unpaired) electrons. The molecule has 1 unspecified atom stereocenters. The van der Waals surface area contributed by atoms with Crippen LogP contribution in [-0.4, -0.2) is 67.4 Å². The average Bonchev–Trinajstić information content (AvgIpc) is 2.72. The van der Waals surface area contributed by atoms with Crippen LogP contribution in [0.2, 0.25) is 0 Å². The maximum atomic E-state index is 11.7. The standard InChI is InChI=1S/C22H39N5O2/c1-4-23-22(24-10-6-8-12-27-11-7-5-9-21(27)28)25-18-20(17-19(2)3)26-13-15-29-16-14-26/h5,7,9,11,19-20H,4,6,8,10,12-18H2,1-3H3,(H2,23,24,25). The van der Waals surface area contributed by atoms with E-state index in [0.717, 1.165) is 77.7 Å². The summed E-state index contributed by atoms with van der Waals surface area (Å²) < 4.78 is 7.27. The Balaban J connectivity index is 1.80. The van der Waals surface area contributed by atoms with Crippen molar-refractivity contribution in [2.24, 2.45) is 10.9 Å². The third kappa shape index (κ3) is 9.00. The number of aliphatic imine (C=N–C) groups is 1. The maximum Gasteiger partial charge on any atom is 0.250 e. The molecule has 29 heavy (non-hydrogen) atoms. The lowest BCUT2D eigenvalue weighted by atomic mass is 10.0. The first kappa shape index (κ1) is 23.4. The Labute approximate surface area is 175 Å². The van der Waals surface area contributed by atoms with Crippen molar-refractivity contribution in [1.82, 2.24) is 20.1 Å². The number of pyridine rings is 1. The van der Waals surface area contributed by atoms with Gasteiger partial charge in [-0.2, -0.15) is 0 Å². The molecule has 1 aliphatic heterocycles. The summed E-state index contributed by atoms with van der Waals surface area (Å²) in [7, 11) is 0. The lowest BCUT2D eigenvalue weighted by Crippen LogP contribution is -2.46. The minimum Gasteiger partial charge on any atom is -0.379 e. The molecule has 0 aliphatic carbocycles. The molecule has 0 saturated carbocycles. The fraction of sp³-hybridized carbons (Fsp3) is 0.727. The molecule has 1 saturated heterocycles. The summed E-state index contributed by atoms with van der Waals surface area (Å²) in [5, 5.41) is 6.79. The second kappa shape index (κ2) is 13.4. The number of nitrogens with zero attached hydrogens (tertiary/aromatic N) is 3. The third-order valence-electron chi connectivity index (χ3n) is 5.13. The number of rotatable bonds is 11. The number of aryl methyl sites for hydroxylation is 1. The predicted octanol–water partition coefficient (Wildman–Crippen LogP) is 1.93. The number of hydrogen-bond acceptors (Lipinski definition) is 4. The number of unbranched alkanes of at least 4 members (excludes halogenated alkanes) is 1. The van der Waals surface area contributed by atoms with Crippen molar-refractivity contribution in [3.63, 3.8) is 0 Å². The van der Waals surface area contributed by atoms with Crippen LogP contribution in [0.15, 0.2) is 34.2 Å². The van der Waals surface area contributed by atoms with Gasteiger partial charge in [0.25, 0.3) is 0 Å². The van der Waals surface area contributed by atoms with E-state index in [1.54, 1.807) is 16.7 Å². The molecule has 1 aromatic rings. The van der Waals surface area contributed by atoms with Crippen molar-refractivity contribution in [2.45, 2.75) is 52.6 Å². The van der Waals surface area contributed by atoms with Crippen LogP contribution in [0.1, 0.15) is 40.0 Å². The largest absolute Gasteiger partial charge is 0.379 e. The van der Waals surface area contributed by atoms with Crippen molar-refractivity contribution >= 4 is 5.96 Å². The van der Waals surface area contributed by atoms with Crippen molar-refractivity contribution in [3.05, 3.63) is 34.7 Å². The van der Waals surface area contributed by atoms with E-state index in [9.17, 15) is 4.79 Å². The van der Waals surface area contributed by atoms with Gasteiger partial charge >= 0.3 is 0 Å². The highest BCUT2D eigenvalue weighted by Gasteiger charge is 2.21. The van der Waals surface area contributed by atoms with E-state index in [1.807, 2.05) is 12.3 Å². The number of hydrogen-bond donors (Lipinski definition) is 2. The molecule has 7 heteroatoms. The molecule has 164 valence electrons. The lowest BCUT2D eigenvalue weighted by molar-refractivity contribution is 0.0143. The molecule has 7 nitrogen and oxygen atoms in total. The summed E-state index contributed by atoms with van der Waals surface area (Å²) in [6, 6.07) is 5.75. The smallest absolute Gasteiger partial charge is 0.250 e. The Hall–Kier alpha value is -1.86. The monoisotopic (exact) mass is 405 g/mol. The van der Waals surface area contributed by atoms with E-state index in [-0.39, 0.29) is 5.56 Å². The van der Waals surface area contributed by atoms with E-state index in [1.165, 1.54) is 0 Å². The first-order chi connectivity index (χ1) is 14.1. The summed E-state index contributed by atoms with van der Waals surface area (Å²) in [5.41, 5.74) is 0.0645. The number of morpholine rings is 1. The normalized spacial score (nSPS) is 16.8. The molecule has 1 aliphatic rings. The predicted molar refractivity (Wildman–Crippen MR) is 120 cm³/mol. The highest BCUT2D eigenvalue weighted by molar-refractivity contribution is 5.79. The maximum absolute atomic E-state index is 11.7. The topological polar surface area (TPSA) is 70.9 Å². The summed E-state index contributed by atoms with van der Waals surface area (Å²) in [6.45, 7) is 13.5. The highest BCUT2D eigenvalue weighted by Crippen LogP contribution is 2.14. The third-order valence-corrected chi connectivity index (χ3v) is 5.13. The van der Waals surface area contributed by atoms with Gasteiger partial charge in [0.2, 0.25) is 5.56 Å². The molecule has 1 fully saturated rings. The first-order valence-corrected chi connectivity index (χ1v) is 11.1. The molecule has 0 bridgehead atoms. The first-order valence-electron chi connectivity index (χ1n) is 11.1. The van der Waals surface area contributed by atoms with Crippen LogP contribution in [-0.2, 0) is 11.3 Å². The van der Waals surface area contributed by atoms with E-state index in [0.29, 0.717) is 12.0 Å². The minimum absolute atomic E-state index is 0.0645. The van der Waals surface area contributed by atoms with Crippen LogP contribution in [0.3, 0.4) is 0 Å². The van der Waals surface area contributed by atoms with Gasteiger partial charge in [-0.15, -0.1) is 0 Å². The molecule has 2 rings (SSSR count). The molecule has 0 aromatic carbocycles. The van der Waals surface area contributed by atoms with Crippen molar-refractivity contribution < 1.29 is 4.74 Å². The van der Waals surface area contributed by atoms with Crippen LogP contribution in [0.25, 0.3) is 0 Å². The van der Waals surface area contributed by atoms with Crippen LogP contribution in [0.5, 0.6) is 0 Å². The van der Waals surface area contributed by atoms with E-state index in [2.05, 4.69) is 36.3 Å². The van der Waals surface area contributed by atoms with Gasteiger partial charge in [0.15, 0.2) is 5.96 Å². The van der Waals surface area contributed by atoms with E-state index < -0.39 is 0 Å². The summed E-state index contributed by atoms with van der Waals surface area (Å²) in [4.78, 5) is 19.1. The second-order valence-electron chi connectivity index (χ2n) is 8.02. The molecule has 0 amide bonds. The summed E-state index contributed by atoms with van der Waals surface area (Å²) >= 11 is 0. The van der Waals surface area contributed by atoms with Gasteiger partial charge in [-0.3, -0.25) is 14.7 Å². The summed E-state index contributed by atoms with van der Waals surface area (Å²) in [5.74, 6) is 1.53. The van der Waals surface area contributed by atoms with Crippen LogP contribution in [0.4, 0.5) is 0 Å². The fourth-order valence-corrected chi connectivity index (χ4v) is 3.62. The lowest BCUT2D eigenvalue weighted by Gasteiger charge is -2.34.